The highest BCUT2D eigenvalue weighted by Gasteiger charge is 2.34. The van der Waals surface area contributed by atoms with Gasteiger partial charge in [0.05, 0.1) is 24.6 Å². The number of ether oxygens (including phenoxy) is 1. The molecule has 0 saturated carbocycles. The molecular formula is C24H32N2O5. The molecule has 168 valence electrons. The number of hydrogen-bond acceptors (Lipinski definition) is 5. The molecule has 2 amide bonds. The fraction of sp³-hybridized carbons (Fsp3) is 0.542. The summed E-state index contributed by atoms with van der Waals surface area (Å²) in [7, 11) is 0. The van der Waals surface area contributed by atoms with Gasteiger partial charge in [0.15, 0.2) is 0 Å². The third kappa shape index (κ3) is 6.92. The normalized spacial score (nSPS) is 24.4. The van der Waals surface area contributed by atoms with Crippen LogP contribution in [-0.2, 0) is 25.5 Å². The maximum Gasteiger partial charge on any atom is 0.306 e. The SMILES string of the molecule is O=C(C[C@@H]1C/C=C/CCC(=O)OC[C@@H]2CCCN2C1=O)N[C@@H](CO)Cc1ccccc1. The highest BCUT2D eigenvalue weighted by Crippen LogP contribution is 2.24. The van der Waals surface area contributed by atoms with E-state index in [9.17, 15) is 19.5 Å². The van der Waals surface area contributed by atoms with Crippen molar-refractivity contribution in [2.45, 2.75) is 57.0 Å². The standard InChI is InChI=1S/C24H32N2O5/c27-16-20(14-18-8-3-1-4-9-18)25-22(28)15-19-10-5-2-6-12-23(29)31-17-21-11-7-13-26(21)24(19)30/h1-5,8-9,19-21,27H,6-7,10-17H2,(H,25,28)/b5-2+/t19-,20+,21-/m0/s1. The zero-order valence-corrected chi connectivity index (χ0v) is 17.9. The molecule has 0 aliphatic carbocycles. The molecule has 2 N–H and O–H groups in total. The number of allylic oxidation sites excluding steroid dienone is 2. The van der Waals surface area contributed by atoms with Gasteiger partial charge in [-0.2, -0.15) is 0 Å². The highest BCUT2D eigenvalue weighted by atomic mass is 16.5. The van der Waals surface area contributed by atoms with E-state index in [1.807, 2.05) is 42.5 Å². The van der Waals surface area contributed by atoms with Crippen LogP contribution in [0.5, 0.6) is 0 Å². The van der Waals surface area contributed by atoms with Gasteiger partial charge in [-0.05, 0) is 37.7 Å². The van der Waals surface area contributed by atoms with Gasteiger partial charge in [0, 0.05) is 19.4 Å². The van der Waals surface area contributed by atoms with Gasteiger partial charge in [-0.25, -0.2) is 0 Å². The number of cyclic esters (lactones) is 1. The third-order valence-electron chi connectivity index (χ3n) is 5.89. The molecule has 0 radical (unpaired) electrons. The van der Waals surface area contributed by atoms with Crippen molar-refractivity contribution in [2.75, 3.05) is 19.8 Å². The molecule has 0 aromatic heterocycles. The van der Waals surface area contributed by atoms with E-state index >= 15 is 0 Å². The van der Waals surface area contributed by atoms with E-state index in [2.05, 4.69) is 5.32 Å². The van der Waals surface area contributed by atoms with Crippen LogP contribution in [0.1, 0.15) is 44.1 Å². The van der Waals surface area contributed by atoms with E-state index < -0.39 is 12.0 Å². The van der Waals surface area contributed by atoms with Crippen LogP contribution in [0.3, 0.4) is 0 Å². The summed E-state index contributed by atoms with van der Waals surface area (Å²) in [6.07, 6.45) is 7.34. The molecule has 7 nitrogen and oxygen atoms in total. The van der Waals surface area contributed by atoms with Crippen molar-refractivity contribution in [2.24, 2.45) is 5.92 Å². The number of esters is 1. The fourth-order valence-corrected chi connectivity index (χ4v) is 4.22. The molecule has 2 aliphatic heterocycles. The number of carbonyl (C=O) groups excluding carboxylic acids is 3. The lowest BCUT2D eigenvalue weighted by molar-refractivity contribution is -0.148. The molecule has 1 aromatic carbocycles. The van der Waals surface area contributed by atoms with Crippen molar-refractivity contribution < 1.29 is 24.2 Å². The van der Waals surface area contributed by atoms with E-state index in [1.54, 1.807) is 4.90 Å². The first kappa shape index (κ1) is 23.0. The van der Waals surface area contributed by atoms with Crippen LogP contribution < -0.4 is 5.32 Å². The van der Waals surface area contributed by atoms with Gasteiger partial charge in [0.25, 0.3) is 0 Å². The van der Waals surface area contributed by atoms with Gasteiger partial charge in [0.2, 0.25) is 11.8 Å². The Bertz CT molecular complexity index is 779. The first-order valence-corrected chi connectivity index (χ1v) is 11.1. The van der Waals surface area contributed by atoms with Gasteiger partial charge in [0.1, 0.15) is 6.61 Å². The lowest BCUT2D eigenvalue weighted by atomic mass is 9.97. The summed E-state index contributed by atoms with van der Waals surface area (Å²) in [5.41, 5.74) is 1.03. The number of hydrogen-bond donors (Lipinski definition) is 2. The largest absolute Gasteiger partial charge is 0.463 e. The molecule has 1 saturated heterocycles. The van der Waals surface area contributed by atoms with Crippen LogP contribution in [0.2, 0.25) is 0 Å². The molecule has 0 unspecified atom stereocenters. The van der Waals surface area contributed by atoms with E-state index in [-0.39, 0.29) is 43.5 Å². The van der Waals surface area contributed by atoms with E-state index in [0.29, 0.717) is 32.2 Å². The minimum atomic E-state index is -0.469. The molecule has 1 fully saturated rings. The van der Waals surface area contributed by atoms with Crippen LogP contribution in [0.4, 0.5) is 0 Å². The average molecular weight is 429 g/mol. The lowest BCUT2D eigenvalue weighted by Gasteiger charge is -2.29. The molecule has 7 heteroatoms. The van der Waals surface area contributed by atoms with E-state index in [4.69, 9.17) is 4.74 Å². The number of carbonyl (C=O) groups is 3. The number of rotatable bonds is 6. The van der Waals surface area contributed by atoms with Crippen molar-refractivity contribution in [3.8, 4) is 0 Å². The molecule has 0 bridgehead atoms. The summed E-state index contributed by atoms with van der Waals surface area (Å²) >= 11 is 0. The molecular weight excluding hydrogens is 396 g/mol. The second-order valence-corrected chi connectivity index (χ2v) is 8.29. The number of amides is 2. The van der Waals surface area contributed by atoms with Crippen LogP contribution in [0.15, 0.2) is 42.5 Å². The van der Waals surface area contributed by atoms with Crippen LogP contribution >= 0.6 is 0 Å². The smallest absolute Gasteiger partial charge is 0.306 e. The summed E-state index contributed by atoms with van der Waals surface area (Å²) in [4.78, 5) is 39.5. The predicted molar refractivity (Wildman–Crippen MR) is 116 cm³/mol. The minimum Gasteiger partial charge on any atom is -0.463 e. The number of aliphatic hydroxyl groups excluding tert-OH is 1. The summed E-state index contributed by atoms with van der Waals surface area (Å²) in [5.74, 6) is -1.02. The number of nitrogens with zero attached hydrogens (tertiary/aromatic N) is 1. The first-order chi connectivity index (χ1) is 15.1. The second-order valence-electron chi connectivity index (χ2n) is 8.29. The average Bonchev–Trinajstić information content (AvgIpc) is 3.24. The van der Waals surface area contributed by atoms with Gasteiger partial charge in [-0.15, -0.1) is 0 Å². The molecule has 2 aliphatic rings. The van der Waals surface area contributed by atoms with Crippen molar-refractivity contribution in [3.63, 3.8) is 0 Å². The number of nitrogens with one attached hydrogen (secondary N) is 1. The minimum absolute atomic E-state index is 0.0669. The Kier molecular flexibility index (Phi) is 8.64. The Morgan fingerprint density at radius 2 is 2.03 bits per heavy atom. The van der Waals surface area contributed by atoms with Gasteiger partial charge in [-0.1, -0.05) is 42.5 Å². The zero-order valence-electron chi connectivity index (χ0n) is 17.9. The molecule has 0 spiro atoms. The van der Waals surface area contributed by atoms with E-state index in [1.165, 1.54) is 0 Å². The maximum atomic E-state index is 13.2. The van der Waals surface area contributed by atoms with Gasteiger partial charge in [-0.3, -0.25) is 14.4 Å². The van der Waals surface area contributed by atoms with Crippen LogP contribution in [0.25, 0.3) is 0 Å². The Hall–Kier alpha value is -2.67. The number of fused-ring (bicyclic) bond motifs is 1. The molecule has 2 heterocycles. The van der Waals surface area contributed by atoms with Crippen molar-refractivity contribution in [1.82, 2.24) is 10.2 Å². The molecule has 31 heavy (non-hydrogen) atoms. The van der Waals surface area contributed by atoms with Crippen LogP contribution in [0, 0.1) is 5.92 Å². The van der Waals surface area contributed by atoms with Gasteiger partial charge < -0.3 is 20.1 Å². The number of aliphatic hydroxyl groups is 1. The summed E-state index contributed by atoms with van der Waals surface area (Å²) < 4.78 is 5.34. The Morgan fingerprint density at radius 3 is 2.81 bits per heavy atom. The maximum absolute atomic E-state index is 13.2. The first-order valence-electron chi connectivity index (χ1n) is 11.1. The quantitative estimate of drug-likeness (QED) is 0.534. The molecule has 1 aromatic rings. The predicted octanol–water partition coefficient (Wildman–Crippen LogP) is 1.99. The molecule has 3 rings (SSSR count). The van der Waals surface area contributed by atoms with Crippen LogP contribution in [-0.4, -0.2) is 59.6 Å². The zero-order chi connectivity index (χ0) is 22.1. The van der Waals surface area contributed by atoms with E-state index in [0.717, 1.165) is 18.4 Å². The van der Waals surface area contributed by atoms with Crippen molar-refractivity contribution in [1.29, 1.82) is 0 Å². The monoisotopic (exact) mass is 428 g/mol. The molecule has 3 atom stereocenters. The summed E-state index contributed by atoms with van der Waals surface area (Å²) in [6.45, 7) is 0.672. The summed E-state index contributed by atoms with van der Waals surface area (Å²) in [5, 5.41) is 12.6. The third-order valence-corrected chi connectivity index (χ3v) is 5.89. The van der Waals surface area contributed by atoms with Crippen molar-refractivity contribution >= 4 is 17.8 Å². The fourth-order valence-electron chi connectivity index (χ4n) is 4.22. The lowest BCUT2D eigenvalue weighted by Crippen LogP contribution is -2.45. The number of benzene rings is 1. The Balaban J connectivity index is 1.64. The second kappa shape index (κ2) is 11.6. The van der Waals surface area contributed by atoms with Crippen molar-refractivity contribution in [3.05, 3.63) is 48.0 Å². The summed E-state index contributed by atoms with van der Waals surface area (Å²) in [6, 6.07) is 9.16. The Labute approximate surface area is 183 Å². The highest BCUT2D eigenvalue weighted by molar-refractivity contribution is 5.86. The topological polar surface area (TPSA) is 95.9 Å². The van der Waals surface area contributed by atoms with Gasteiger partial charge >= 0.3 is 5.97 Å². The Morgan fingerprint density at radius 1 is 1.23 bits per heavy atom.